The highest BCUT2D eigenvalue weighted by Crippen LogP contribution is 2.31. The summed E-state index contributed by atoms with van der Waals surface area (Å²) in [6, 6.07) is 13.8. The van der Waals surface area contributed by atoms with Crippen molar-refractivity contribution in [1.82, 2.24) is 0 Å². The van der Waals surface area contributed by atoms with Gasteiger partial charge in [0.1, 0.15) is 11.5 Å². The molecule has 0 unspecified atom stereocenters. The molecule has 0 bridgehead atoms. The Kier molecular flexibility index (Phi) is 5.12. The Morgan fingerprint density at radius 1 is 0.682 bits per heavy atom. The summed E-state index contributed by atoms with van der Waals surface area (Å²) >= 11 is 0. The first-order valence-electron chi connectivity index (χ1n) is 7.83. The summed E-state index contributed by atoms with van der Waals surface area (Å²) in [6.07, 6.45) is 0.218. The van der Waals surface area contributed by atoms with E-state index in [0.717, 1.165) is 17.1 Å². The fraction of sp³-hybridized carbons (Fsp3) is 0.400. The fourth-order valence-electron chi connectivity index (χ4n) is 2.46. The molecule has 0 amide bonds. The van der Waals surface area contributed by atoms with Gasteiger partial charge in [0.25, 0.3) is 0 Å². The molecule has 22 heavy (non-hydrogen) atoms. The van der Waals surface area contributed by atoms with Crippen molar-refractivity contribution >= 4 is 0 Å². The zero-order valence-corrected chi connectivity index (χ0v) is 14.4. The molecule has 0 saturated carbocycles. The van der Waals surface area contributed by atoms with E-state index >= 15 is 0 Å². The molecule has 2 nitrogen and oxygen atoms in total. The third-order valence-corrected chi connectivity index (χ3v) is 3.10. The molecule has 2 rings (SSSR count). The quantitative estimate of drug-likeness (QED) is 0.741. The van der Waals surface area contributed by atoms with Crippen LogP contribution in [0.15, 0.2) is 30.3 Å². The van der Waals surface area contributed by atoms with E-state index in [2.05, 4.69) is 38.1 Å². The lowest BCUT2D eigenvalue weighted by Gasteiger charge is -2.16. The summed E-state index contributed by atoms with van der Waals surface area (Å²) in [5, 5.41) is 0. The van der Waals surface area contributed by atoms with Gasteiger partial charge >= 0.3 is 0 Å². The van der Waals surface area contributed by atoms with E-state index < -0.39 is 0 Å². The van der Waals surface area contributed by atoms with Crippen LogP contribution in [0.2, 0.25) is 0 Å². The molecule has 2 aromatic rings. The monoisotopic (exact) mass is 297 g/mol. The van der Waals surface area contributed by atoms with E-state index in [4.69, 9.17) is 9.47 Å². The third-order valence-electron chi connectivity index (χ3n) is 3.10. The molecule has 0 aliphatic heterocycles. The molecule has 0 heterocycles. The van der Waals surface area contributed by atoms with Crippen molar-refractivity contribution in [3.63, 3.8) is 0 Å². The van der Waals surface area contributed by atoms with E-state index in [0.29, 0.717) is 0 Å². The molecule has 0 fully saturated rings. The van der Waals surface area contributed by atoms with Crippen LogP contribution in [0.1, 0.15) is 38.8 Å². The van der Waals surface area contributed by atoms with Crippen molar-refractivity contribution in [1.29, 1.82) is 0 Å². The van der Waals surface area contributed by atoms with Crippen LogP contribution >= 0.6 is 0 Å². The summed E-state index contributed by atoms with van der Waals surface area (Å²) in [5.74, 6) is 1.45. The fourth-order valence-corrected chi connectivity index (χ4v) is 2.46. The third kappa shape index (κ3) is 4.52. The van der Waals surface area contributed by atoms with Crippen molar-refractivity contribution in [2.75, 3.05) is 0 Å². The summed E-state index contributed by atoms with van der Waals surface area (Å²) in [4.78, 5) is 0. The Bertz CT molecular complexity index is 594. The van der Waals surface area contributed by atoms with Crippen LogP contribution in [-0.2, 0) is 0 Å². The second-order valence-corrected chi connectivity index (χ2v) is 6.31. The normalized spacial score (nSPS) is 11.1. The largest absolute Gasteiger partial charge is 0.490 e. The Balaban J connectivity index is 2.48. The van der Waals surface area contributed by atoms with Gasteiger partial charge in [0, 0.05) is 0 Å². The highest BCUT2D eigenvalue weighted by Gasteiger charge is 2.09. The molecule has 0 saturated heterocycles. The first kappa shape index (κ1) is 16.4. The maximum Gasteiger partial charge on any atom is 0.132 e. The van der Waals surface area contributed by atoms with Gasteiger partial charge < -0.3 is 9.47 Å². The van der Waals surface area contributed by atoms with Crippen LogP contribution in [0.25, 0.3) is 11.1 Å². The molecule has 0 aromatic heterocycles. The number of aryl methyl sites for hydroxylation is 2. The zero-order valence-electron chi connectivity index (χ0n) is 14.4. The van der Waals surface area contributed by atoms with E-state index in [1.165, 1.54) is 16.7 Å². The summed E-state index contributed by atoms with van der Waals surface area (Å²) in [5.41, 5.74) is 4.77. The lowest BCUT2D eigenvalue weighted by molar-refractivity contribution is 0.228. The minimum absolute atomic E-state index is 0.109. The molecule has 0 aliphatic rings. The topological polar surface area (TPSA) is 18.5 Å². The first-order valence-corrected chi connectivity index (χ1v) is 7.83. The number of hydrogen-bond donors (Lipinski definition) is 0. The van der Waals surface area contributed by atoms with E-state index in [9.17, 15) is 0 Å². The van der Waals surface area contributed by atoms with Crippen molar-refractivity contribution < 1.29 is 9.47 Å². The standard InChI is InChI=1S/C20H25O2/c1-13(2)21-19-10-18(11-20(12-19)22-14(3)4)17-8-15(5)7-16(6)9-17/h7-11,13-14H,1-6H3. The number of rotatable bonds is 5. The van der Waals surface area contributed by atoms with Crippen molar-refractivity contribution in [3.05, 3.63) is 47.5 Å². The van der Waals surface area contributed by atoms with E-state index in [-0.39, 0.29) is 12.2 Å². The highest BCUT2D eigenvalue weighted by atomic mass is 16.5. The van der Waals surface area contributed by atoms with Crippen LogP contribution in [0.4, 0.5) is 0 Å². The van der Waals surface area contributed by atoms with Gasteiger partial charge in [0.2, 0.25) is 0 Å². The summed E-state index contributed by atoms with van der Waals surface area (Å²) in [6.45, 7) is 12.3. The predicted molar refractivity (Wildman–Crippen MR) is 91.7 cm³/mol. The van der Waals surface area contributed by atoms with Crippen LogP contribution in [-0.4, -0.2) is 12.2 Å². The van der Waals surface area contributed by atoms with Gasteiger partial charge in [-0.25, -0.2) is 0 Å². The first-order chi connectivity index (χ1) is 10.3. The molecule has 0 spiro atoms. The van der Waals surface area contributed by atoms with Gasteiger partial charge in [-0.2, -0.15) is 0 Å². The van der Waals surface area contributed by atoms with Crippen molar-refractivity contribution in [2.45, 2.75) is 53.8 Å². The average molecular weight is 297 g/mol. The molecule has 1 radical (unpaired) electrons. The Labute approximate surface area is 134 Å². The zero-order chi connectivity index (χ0) is 16.3. The van der Waals surface area contributed by atoms with Gasteiger partial charge in [-0.3, -0.25) is 0 Å². The van der Waals surface area contributed by atoms with Gasteiger partial charge in [-0.1, -0.05) is 29.3 Å². The molecule has 0 atom stereocenters. The van der Waals surface area contributed by atoms with E-state index in [1.54, 1.807) is 0 Å². The maximum absolute atomic E-state index is 5.82. The van der Waals surface area contributed by atoms with Crippen LogP contribution < -0.4 is 9.47 Å². The lowest BCUT2D eigenvalue weighted by Crippen LogP contribution is -2.08. The smallest absolute Gasteiger partial charge is 0.132 e. The minimum Gasteiger partial charge on any atom is -0.490 e. The van der Waals surface area contributed by atoms with Crippen molar-refractivity contribution in [2.24, 2.45) is 0 Å². The van der Waals surface area contributed by atoms with Gasteiger partial charge in [-0.15, -0.1) is 0 Å². The Morgan fingerprint density at radius 2 is 1.09 bits per heavy atom. The molecule has 0 aliphatic carbocycles. The van der Waals surface area contributed by atoms with Gasteiger partial charge in [0.15, 0.2) is 0 Å². The maximum atomic E-state index is 5.82. The predicted octanol–water partition coefficient (Wildman–Crippen LogP) is 5.35. The molecule has 2 heteroatoms. The number of hydrogen-bond acceptors (Lipinski definition) is 2. The lowest BCUT2D eigenvalue weighted by atomic mass is 10.0. The minimum atomic E-state index is 0.109. The van der Waals surface area contributed by atoms with Crippen molar-refractivity contribution in [3.8, 4) is 22.6 Å². The number of benzene rings is 2. The van der Waals surface area contributed by atoms with E-state index in [1.807, 2.05) is 39.8 Å². The average Bonchev–Trinajstić information content (AvgIpc) is 2.35. The van der Waals surface area contributed by atoms with Crippen LogP contribution in [0.5, 0.6) is 11.5 Å². The van der Waals surface area contributed by atoms with Crippen LogP contribution in [0.3, 0.4) is 0 Å². The Morgan fingerprint density at radius 3 is 1.50 bits per heavy atom. The number of ether oxygens (including phenoxy) is 2. The summed E-state index contributed by atoms with van der Waals surface area (Å²) in [7, 11) is 0. The highest BCUT2D eigenvalue weighted by molar-refractivity contribution is 5.68. The Hall–Kier alpha value is -1.96. The second-order valence-electron chi connectivity index (χ2n) is 6.31. The van der Waals surface area contributed by atoms with Gasteiger partial charge in [-0.05, 0) is 64.8 Å². The second kappa shape index (κ2) is 6.87. The van der Waals surface area contributed by atoms with Gasteiger partial charge in [0.05, 0.1) is 18.3 Å². The summed E-state index contributed by atoms with van der Waals surface area (Å²) < 4.78 is 11.6. The van der Waals surface area contributed by atoms with Crippen LogP contribution in [0, 0.1) is 19.9 Å². The SMILES string of the molecule is Cc1cc(C)cc(-c2cc(OC(C)C)[c]c(OC(C)C)c2)c1. The molecular formula is C20H25O2. The molecule has 0 N–H and O–H groups in total. The molecule has 117 valence electrons. The molecule has 2 aromatic carbocycles. The molecular weight excluding hydrogens is 272 g/mol.